The first-order valence-electron chi connectivity index (χ1n) is 8.65. The van der Waals surface area contributed by atoms with E-state index in [-0.39, 0.29) is 5.91 Å². The second-order valence-corrected chi connectivity index (χ2v) is 6.70. The van der Waals surface area contributed by atoms with Crippen molar-refractivity contribution in [1.82, 2.24) is 14.5 Å². The number of nitrogens with zero attached hydrogens (tertiary/aromatic N) is 3. The minimum absolute atomic E-state index is 0.00740. The summed E-state index contributed by atoms with van der Waals surface area (Å²) in [7, 11) is 0. The van der Waals surface area contributed by atoms with Crippen molar-refractivity contribution in [2.24, 2.45) is 5.92 Å². The molecule has 6 nitrogen and oxygen atoms in total. The Balaban J connectivity index is 1.46. The van der Waals surface area contributed by atoms with Crippen molar-refractivity contribution in [2.75, 3.05) is 13.1 Å². The van der Waals surface area contributed by atoms with Crippen LogP contribution in [0.2, 0.25) is 0 Å². The van der Waals surface area contributed by atoms with Crippen LogP contribution in [0.3, 0.4) is 0 Å². The lowest BCUT2D eigenvalue weighted by molar-refractivity contribution is 0.0696. The fourth-order valence-corrected chi connectivity index (χ4v) is 3.62. The lowest BCUT2D eigenvalue weighted by Crippen LogP contribution is -2.28. The molecule has 1 amide bonds. The summed E-state index contributed by atoms with van der Waals surface area (Å²) >= 11 is 0. The second-order valence-electron chi connectivity index (χ2n) is 6.70. The normalized spacial score (nSPS) is 16.9. The average Bonchev–Trinajstić information content (AvgIpc) is 3.28. The molecule has 0 saturated carbocycles. The number of carbonyl (C=O) groups excluding carboxylic acids is 1. The fraction of sp³-hybridized carbons (Fsp3) is 0.250. The Bertz CT molecular complexity index is 979. The lowest BCUT2D eigenvalue weighted by Gasteiger charge is -2.16. The van der Waals surface area contributed by atoms with Crippen LogP contribution in [-0.4, -0.2) is 44.6 Å². The summed E-state index contributed by atoms with van der Waals surface area (Å²) in [5, 5.41) is 13.4. The third-order valence-corrected chi connectivity index (χ3v) is 4.93. The monoisotopic (exact) mass is 349 g/mol. The van der Waals surface area contributed by atoms with Crippen molar-refractivity contribution in [2.45, 2.75) is 12.8 Å². The van der Waals surface area contributed by atoms with Gasteiger partial charge in [0.2, 0.25) is 0 Å². The number of benzene rings is 1. The van der Waals surface area contributed by atoms with Crippen molar-refractivity contribution >= 4 is 17.4 Å². The van der Waals surface area contributed by atoms with Gasteiger partial charge in [0.05, 0.1) is 22.8 Å². The van der Waals surface area contributed by atoms with E-state index >= 15 is 0 Å². The number of amides is 1. The molecule has 2 aromatic heterocycles. The number of fused-ring (bicyclic) bond motifs is 1. The van der Waals surface area contributed by atoms with E-state index in [0.29, 0.717) is 30.1 Å². The maximum atomic E-state index is 12.9. The molecule has 1 fully saturated rings. The number of carboxylic acids is 1. The van der Waals surface area contributed by atoms with Gasteiger partial charge < -0.3 is 10.0 Å². The maximum absolute atomic E-state index is 12.9. The first kappa shape index (κ1) is 16.3. The van der Waals surface area contributed by atoms with Crippen LogP contribution in [0.15, 0.2) is 54.9 Å². The van der Waals surface area contributed by atoms with Crippen molar-refractivity contribution in [3.05, 3.63) is 71.5 Å². The summed E-state index contributed by atoms with van der Waals surface area (Å²) in [6, 6.07) is 12.7. The number of aromatic carboxylic acids is 1. The van der Waals surface area contributed by atoms with Crippen LogP contribution in [0.25, 0.3) is 5.52 Å². The molecule has 1 aliphatic heterocycles. The highest BCUT2D eigenvalue weighted by Crippen LogP contribution is 2.24. The van der Waals surface area contributed by atoms with Crippen molar-refractivity contribution in [3.8, 4) is 0 Å². The minimum Gasteiger partial charge on any atom is -0.478 e. The molecule has 1 unspecified atom stereocenters. The molecule has 1 N–H and O–H groups in total. The van der Waals surface area contributed by atoms with Gasteiger partial charge in [0.1, 0.15) is 0 Å². The van der Waals surface area contributed by atoms with Crippen LogP contribution in [0, 0.1) is 5.92 Å². The molecule has 1 saturated heterocycles. The molecular formula is C20H19N3O3. The highest BCUT2D eigenvalue weighted by molar-refractivity contribution is 6.00. The van der Waals surface area contributed by atoms with Crippen LogP contribution in [0.1, 0.15) is 32.7 Å². The molecule has 0 radical (unpaired) electrons. The predicted molar refractivity (Wildman–Crippen MR) is 96.3 cm³/mol. The topological polar surface area (TPSA) is 74.9 Å². The first-order chi connectivity index (χ1) is 12.6. The van der Waals surface area contributed by atoms with E-state index in [2.05, 4.69) is 5.10 Å². The smallest absolute Gasteiger partial charge is 0.335 e. The standard InChI is InChI=1S/C20H19N3O3/c24-19(17-12-21-23-8-2-1-6-18(17)23)22-9-7-15(13-22)10-14-4-3-5-16(11-14)20(25)26/h1-6,8,11-12,15H,7,9-10,13H2,(H,25,26). The first-order valence-corrected chi connectivity index (χ1v) is 8.65. The fourth-order valence-electron chi connectivity index (χ4n) is 3.62. The van der Waals surface area contributed by atoms with Gasteiger partial charge >= 0.3 is 5.97 Å². The van der Waals surface area contributed by atoms with Gasteiger partial charge in [-0.3, -0.25) is 4.79 Å². The number of likely N-dealkylation sites (tertiary alicyclic amines) is 1. The Morgan fingerprint density at radius 3 is 2.92 bits per heavy atom. The Morgan fingerprint density at radius 2 is 2.08 bits per heavy atom. The SMILES string of the molecule is O=C(O)c1cccc(CC2CCN(C(=O)c3cnn4ccccc34)C2)c1. The van der Waals surface area contributed by atoms with Gasteiger partial charge in [-0.1, -0.05) is 18.2 Å². The van der Waals surface area contributed by atoms with Gasteiger partial charge in [-0.25, -0.2) is 9.31 Å². The number of rotatable bonds is 4. The Kier molecular flexibility index (Phi) is 4.16. The van der Waals surface area contributed by atoms with Crippen molar-refractivity contribution in [3.63, 3.8) is 0 Å². The van der Waals surface area contributed by atoms with E-state index in [1.807, 2.05) is 35.4 Å². The zero-order chi connectivity index (χ0) is 18.1. The van der Waals surface area contributed by atoms with Gasteiger partial charge in [0.15, 0.2) is 0 Å². The third-order valence-electron chi connectivity index (χ3n) is 4.93. The Hall–Kier alpha value is -3.15. The van der Waals surface area contributed by atoms with Gasteiger partial charge in [0.25, 0.3) is 5.91 Å². The molecule has 1 atom stereocenters. The number of hydrogen-bond donors (Lipinski definition) is 1. The number of pyridine rings is 1. The molecule has 4 rings (SSSR count). The summed E-state index contributed by atoms with van der Waals surface area (Å²) in [6.45, 7) is 1.40. The van der Waals surface area contributed by atoms with Gasteiger partial charge in [-0.2, -0.15) is 5.10 Å². The molecule has 132 valence electrons. The van der Waals surface area contributed by atoms with E-state index in [1.54, 1.807) is 28.9 Å². The average molecular weight is 349 g/mol. The zero-order valence-electron chi connectivity index (χ0n) is 14.2. The number of aromatic nitrogens is 2. The molecule has 26 heavy (non-hydrogen) atoms. The highest BCUT2D eigenvalue weighted by Gasteiger charge is 2.28. The van der Waals surface area contributed by atoms with Gasteiger partial charge in [0, 0.05) is 19.3 Å². The van der Waals surface area contributed by atoms with Crippen LogP contribution in [0.4, 0.5) is 0 Å². The number of carbonyl (C=O) groups is 2. The number of carboxylic acid groups (broad SMARTS) is 1. The molecule has 3 aromatic rings. The summed E-state index contributed by atoms with van der Waals surface area (Å²) in [5.74, 6) is -0.569. The quantitative estimate of drug-likeness (QED) is 0.786. The number of hydrogen-bond acceptors (Lipinski definition) is 3. The molecule has 1 aliphatic rings. The van der Waals surface area contributed by atoms with Crippen LogP contribution in [0.5, 0.6) is 0 Å². The zero-order valence-corrected chi connectivity index (χ0v) is 14.2. The van der Waals surface area contributed by atoms with Crippen LogP contribution >= 0.6 is 0 Å². The van der Waals surface area contributed by atoms with E-state index in [1.165, 1.54) is 0 Å². The summed E-state index contributed by atoms with van der Waals surface area (Å²) in [4.78, 5) is 25.8. The summed E-state index contributed by atoms with van der Waals surface area (Å²) in [6.07, 6.45) is 5.15. The molecule has 0 spiro atoms. The van der Waals surface area contributed by atoms with E-state index in [0.717, 1.165) is 23.9 Å². The molecule has 0 bridgehead atoms. The van der Waals surface area contributed by atoms with E-state index in [9.17, 15) is 9.59 Å². The largest absolute Gasteiger partial charge is 0.478 e. The van der Waals surface area contributed by atoms with E-state index in [4.69, 9.17) is 5.11 Å². The van der Waals surface area contributed by atoms with Crippen LogP contribution in [-0.2, 0) is 6.42 Å². The molecule has 0 aliphatic carbocycles. The molecule has 1 aromatic carbocycles. The Morgan fingerprint density at radius 1 is 1.19 bits per heavy atom. The summed E-state index contributed by atoms with van der Waals surface area (Å²) in [5.41, 5.74) is 2.74. The van der Waals surface area contributed by atoms with Crippen molar-refractivity contribution < 1.29 is 14.7 Å². The van der Waals surface area contributed by atoms with E-state index < -0.39 is 5.97 Å². The molecule has 6 heteroatoms. The van der Waals surface area contributed by atoms with Crippen LogP contribution < -0.4 is 0 Å². The van der Waals surface area contributed by atoms with Crippen molar-refractivity contribution in [1.29, 1.82) is 0 Å². The highest BCUT2D eigenvalue weighted by atomic mass is 16.4. The minimum atomic E-state index is -0.914. The molecule has 3 heterocycles. The Labute approximate surface area is 150 Å². The second kappa shape index (κ2) is 6.63. The van der Waals surface area contributed by atoms with Gasteiger partial charge in [-0.05, 0) is 48.6 Å². The lowest BCUT2D eigenvalue weighted by atomic mass is 9.97. The van der Waals surface area contributed by atoms with Gasteiger partial charge in [-0.15, -0.1) is 0 Å². The predicted octanol–water partition coefficient (Wildman–Crippen LogP) is 2.74. The summed E-state index contributed by atoms with van der Waals surface area (Å²) < 4.78 is 1.71. The maximum Gasteiger partial charge on any atom is 0.335 e. The third kappa shape index (κ3) is 3.06. The molecular weight excluding hydrogens is 330 g/mol.